The van der Waals surface area contributed by atoms with Crippen LogP contribution >= 0.6 is 0 Å². The van der Waals surface area contributed by atoms with E-state index in [0.717, 1.165) is 35.6 Å². The Morgan fingerprint density at radius 2 is 1.45 bits per heavy atom. The third kappa shape index (κ3) is 5.25. The topological polar surface area (TPSA) is 52.7 Å². The lowest BCUT2D eigenvalue weighted by atomic mass is 10.0. The molecule has 3 aromatic carbocycles. The molecular formula is C28H31N3O2. The van der Waals surface area contributed by atoms with Crippen LogP contribution in [0.4, 0.5) is 11.4 Å². The van der Waals surface area contributed by atoms with Crippen LogP contribution in [0, 0.1) is 6.92 Å². The highest BCUT2D eigenvalue weighted by Crippen LogP contribution is 2.22. The van der Waals surface area contributed by atoms with Gasteiger partial charge in [0.1, 0.15) is 0 Å². The molecular weight excluding hydrogens is 410 g/mol. The second kappa shape index (κ2) is 9.90. The van der Waals surface area contributed by atoms with Crippen LogP contribution in [0.3, 0.4) is 0 Å². The number of nitrogens with zero attached hydrogens (tertiary/aromatic N) is 2. The minimum Gasteiger partial charge on any atom is -0.368 e. The van der Waals surface area contributed by atoms with E-state index in [9.17, 15) is 9.59 Å². The fourth-order valence-electron chi connectivity index (χ4n) is 4.13. The minimum absolute atomic E-state index is 0.104. The molecule has 0 spiro atoms. The summed E-state index contributed by atoms with van der Waals surface area (Å²) in [6, 6.07) is 23.4. The summed E-state index contributed by atoms with van der Waals surface area (Å²) in [5.74, 6) is 0.436. The summed E-state index contributed by atoms with van der Waals surface area (Å²) in [5.41, 5.74) is 5.53. The average molecular weight is 442 g/mol. The molecule has 4 rings (SSSR count). The molecule has 0 atom stereocenters. The van der Waals surface area contributed by atoms with E-state index in [4.69, 9.17) is 0 Å². The van der Waals surface area contributed by atoms with Gasteiger partial charge in [0.15, 0.2) is 0 Å². The van der Waals surface area contributed by atoms with Crippen LogP contribution in [0.1, 0.15) is 51.6 Å². The van der Waals surface area contributed by atoms with Gasteiger partial charge < -0.3 is 15.1 Å². The maximum Gasteiger partial charge on any atom is 0.255 e. The highest BCUT2D eigenvalue weighted by Gasteiger charge is 2.23. The molecule has 0 aliphatic carbocycles. The number of amides is 2. The van der Waals surface area contributed by atoms with Crippen LogP contribution in [0.15, 0.2) is 72.8 Å². The number of anilines is 2. The molecule has 170 valence electrons. The van der Waals surface area contributed by atoms with Gasteiger partial charge in [-0.15, -0.1) is 0 Å². The van der Waals surface area contributed by atoms with E-state index in [0.29, 0.717) is 24.6 Å². The van der Waals surface area contributed by atoms with E-state index in [1.165, 1.54) is 5.56 Å². The van der Waals surface area contributed by atoms with Crippen LogP contribution in [0.25, 0.3) is 0 Å². The molecule has 5 nitrogen and oxygen atoms in total. The molecule has 1 heterocycles. The molecule has 3 aromatic rings. The predicted octanol–water partition coefficient (Wildman–Crippen LogP) is 5.33. The Balaban J connectivity index is 1.33. The lowest BCUT2D eigenvalue weighted by Crippen LogP contribution is -2.48. The van der Waals surface area contributed by atoms with Gasteiger partial charge in [0, 0.05) is 48.7 Å². The van der Waals surface area contributed by atoms with Crippen molar-refractivity contribution < 1.29 is 9.59 Å². The Bertz CT molecular complexity index is 1110. The highest BCUT2D eigenvalue weighted by atomic mass is 16.2. The van der Waals surface area contributed by atoms with Gasteiger partial charge in [-0.25, -0.2) is 0 Å². The summed E-state index contributed by atoms with van der Waals surface area (Å²) in [7, 11) is 0. The number of hydrogen-bond donors (Lipinski definition) is 1. The van der Waals surface area contributed by atoms with Crippen molar-refractivity contribution in [2.45, 2.75) is 26.7 Å². The second-order valence-corrected chi connectivity index (χ2v) is 8.87. The maximum atomic E-state index is 12.8. The quantitative estimate of drug-likeness (QED) is 0.582. The van der Waals surface area contributed by atoms with Crippen LogP contribution in [0.5, 0.6) is 0 Å². The molecule has 2 amide bonds. The van der Waals surface area contributed by atoms with Gasteiger partial charge in [0.05, 0.1) is 0 Å². The average Bonchev–Trinajstić information content (AvgIpc) is 2.84. The molecule has 0 unspecified atom stereocenters. The fraction of sp³-hybridized carbons (Fsp3) is 0.286. The lowest BCUT2D eigenvalue weighted by Gasteiger charge is -2.36. The lowest BCUT2D eigenvalue weighted by molar-refractivity contribution is 0.0746. The molecule has 33 heavy (non-hydrogen) atoms. The summed E-state index contributed by atoms with van der Waals surface area (Å²) >= 11 is 0. The first-order valence-corrected chi connectivity index (χ1v) is 11.5. The number of carbonyl (C=O) groups excluding carboxylic acids is 2. The van der Waals surface area contributed by atoms with Crippen LogP contribution in [-0.2, 0) is 0 Å². The summed E-state index contributed by atoms with van der Waals surface area (Å²) in [6.07, 6.45) is 0. The van der Waals surface area contributed by atoms with Crippen molar-refractivity contribution in [2.75, 3.05) is 36.4 Å². The van der Waals surface area contributed by atoms with Gasteiger partial charge in [-0.05, 0) is 66.4 Å². The van der Waals surface area contributed by atoms with Gasteiger partial charge in [-0.2, -0.15) is 0 Å². The van der Waals surface area contributed by atoms with Crippen molar-refractivity contribution in [3.63, 3.8) is 0 Å². The van der Waals surface area contributed by atoms with Crippen molar-refractivity contribution in [1.29, 1.82) is 0 Å². The van der Waals surface area contributed by atoms with Gasteiger partial charge in [0.25, 0.3) is 11.8 Å². The van der Waals surface area contributed by atoms with Crippen molar-refractivity contribution in [3.05, 3.63) is 95.1 Å². The predicted molar refractivity (Wildman–Crippen MR) is 134 cm³/mol. The Labute approximate surface area is 196 Å². The molecule has 5 heteroatoms. The molecule has 1 N–H and O–H groups in total. The SMILES string of the molecule is Cc1ccccc1C(=O)N1CCN(c2ccc(NC(=O)c3ccc(C(C)C)cc3)cc2)CC1. The third-order valence-corrected chi connectivity index (χ3v) is 6.27. The number of benzene rings is 3. The van der Waals surface area contributed by atoms with Crippen LogP contribution in [0.2, 0.25) is 0 Å². The number of carbonyl (C=O) groups is 2. The van der Waals surface area contributed by atoms with Gasteiger partial charge >= 0.3 is 0 Å². The molecule has 0 saturated carbocycles. The van der Waals surface area contributed by atoms with E-state index in [-0.39, 0.29) is 11.8 Å². The fourth-order valence-corrected chi connectivity index (χ4v) is 4.13. The molecule has 0 bridgehead atoms. The van der Waals surface area contributed by atoms with E-state index in [2.05, 4.69) is 24.1 Å². The molecule has 1 fully saturated rings. The molecule has 0 radical (unpaired) electrons. The van der Waals surface area contributed by atoms with Gasteiger partial charge in [-0.3, -0.25) is 9.59 Å². The second-order valence-electron chi connectivity index (χ2n) is 8.87. The van der Waals surface area contributed by atoms with Crippen molar-refractivity contribution in [1.82, 2.24) is 4.90 Å². The smallest absolute Gasteiger partial charge is 0.255 e. The summed E-state index contributed by atoms with van der Waals surface area (Å²) in [4.78, 5) is 29.6. The molecule has 1 aliphatic heterocycles. The highest BCUT2D eigenvalue weighted by molar-refractivity contribution is 6.04. The standard InChI is InChI=1S/C28H31N3O2/c1-20(2)22-8-10-23(11-9-22)27(32)29-24-12-14-25(15-13-24)30-16-18-31(19-17-30)28(33)26-7-5-4-6-21(26)3/h4-15,20H,16-19H2,1-3H3,(H,29,32). The Kier molecular flexibility index (Phi) is 6.78. The molecule has 1 aliphatic rings. The number of rotatable bonds is 5. The Hall–Kier alpha value is -3.60. The zero-order chi connectivity index (χ0) is 23.4. The first-order valence-electron chi connectivity index (χ1n) is 11.5. The third-order valence-electron chi connectivity index (χ3n) is 6.27. The van der Waals surface area contributed by atoms with E-state index < -0.39 is 0 Å². The summed E-state index contributed by atoms with van der Waals surface area (Å²) < 4.78 is 0. The Morgan fingerprint density at radius 1 is 0.818 bits per heavy atom. The molecule has 1 saturated heterocycles. The zero-order valence-corrected chi connectivity index (χ0v) is 19.5. The van der Waals surface area contributed by atoms with Gasteiger partial charge in [0.2, 0.25) is 0 Å². The summed E-state index contributed by atoms with van der Waals surface area (Å²) in [5, 5.41) is 2.97. The van der Waals surface area contributed by atoms with E-state index in [1.54, 1.807) is 0 Å². The first kappa shape index (κ1) is 22.6. The largest absolute Gasteiger partial charge is 0.368 e. The maximum absolute atomic E-state index is 12.8. The van der Waals surface area contributed by atoms with Crippen molar-refractivity contribution in [2.24, 2.45) is 0 Å². The number of nitrogens with one attached hydrogen (secondary N) is 1. The van der Waals surface area contributed by atoms with Crippen LogP contribution < -0.4 is 10.2 Å². The van der Waals surface area contributed by atoms with Crippen molar-refractivity contribution in [3.8, 4) is 0 Å². The molecule has 0 aromatic heterocycles. The van der Waals surface area contributed by atoms with E-state index >= 15 is 0 Å². The van der Waals surface area contributed by atoms with Crippen molar-refractivity contribution >= 4 is 23.2 Å². The minimum atomic E-state index is -0.110. The normalized spacial score (nSPS) is 13.8. The zero-order valence-electron chi connectivity index (χ0n) is 19.5. The number of hydrogen-bond acceptors (Lipinski definition) is 3. The monoisotopic (exact) mass is 441 g/mol. The van der Waals surface area contributed by atoms with Gasteiger partial charge in [-0.1, -0.05) is 44.2 Å². The number of piperazine rings is 1. The number of aryl methyl sites for hydroxylation is 1. The Morgan fingerprint density at radius 3 is 2.06 bits per heavy atom. The summed E-state index contributed by atoms with van der Waals surface area (Å²) in [6.45, 7) is 9.20. The first-order chi connectivity index (χ1) is 15.9. The van der Waals surface area contributed by atoms with Crippen LogP contribution in [-0.4, -0.2) is 42.9 Å². The van der Waals surface area contributed by atoms with E-state index in [1.807, 2.05) is 84.6 Å².